The van der Waals surface area contributed by atoms with Crippen LogP contribution in [0.1, 0.15) is 0 Å². The molecule has 0 bridgehead atoms. The molecule has 3 heterocycles. The fraction of sp³-hybridized carbons (Fsp3) is 0. The Bertz CT molecular complexity index is 2810. The maximum Gasteiger partial charge on any atom is 0.236 e. The zero-order valence-electron chi connectivity index (χ0n) is 24.7. The molecule has 0 fully saturated rings. The Balaban J connectivity index is 1.33. The molecule has 0 spiro atoms. The third kappa shape index (κ3) is 3.74. The van der Waals surface area contributed by atoms with E-state index in [1.165, 1.54) is 21.5 Å². The van der Waals surface area contributed by atoms with Crippen molar-refractivity contribution in [2.24, 2.45) is 0 Å². The van der Waals surface area contributed by atoms with Crippen molar-refractivity contribution in [3.8, 4) is 28.3 Å². The van der Waals surface area contributed by atoms with Gasteiger partial charge in [0.05, 0.1) is 11.0 Å². The van der Waals surface area contributed by atoms with Gasteiger partial charge in [-0.05, 0) is 69.1 Å². The lowest BCUT2D eigenvalue weighted by atomic mass is 10.0. The van der Waals surface area contributed by atoms with Gasteiger partial charge in [0.25, 0.3) is 0 Å². The van der Waals surface area contributed by atoms with E-state index < -0.39 is 0 Å². The Kier molecular flexibility index (Phi) is 5.25. The van der Waals surface area contributed by atoms with Crippen molar-refractivity contribution in [1.82, 2.24) is 14.5 Å². The highest BCUT2D eigenvalue weighted by molar-refractivity contribution is 6.14. The van der Waals surface area contributed by atoms with Crippen LogP contribution in [0, 0.1) is 0 Å². The van der Waals surface area contributed by atoms with Crippen LogP contribution in [-0.2, 0) is 0 Å². The second-order valence-electron chi connectivity index (χ2n) is 11.9. The van der Waals surface area contributed by atoms with E-state index >= 15 is 0 Å². The van der Waals surface area contributed by atoms with Crippen LogP contribution < -0.4 is 0 Å². The molecule has 4 nitrogen and oxygen atoms in total. The van der Waals surface area contributed by atoms with Gasteiger partial charge in [0, 0.05) is 21.7 Å². The SMILES string of the molecule is c1ccc(-c2cccc(-c3nc(-n4c5ccccc5c5cc6ccccc6cc54)nc4c3oc3cc5ccccc5cc34)c2)cc1. The van der Waals surface area contributed by atoms with Gasteiger partial charge < -0.3 is 4.42 Å². The average molecular weight is 588 g/mol. The second kappa shape index (κ2) is 9.62. The van der Waals surface area contributed by atoms with Gasteiger partial charge in [-0.25, -0.2) is 9.97 Å². The van der Waals surface area contributed by atoms with Crippen molar-refractivity contribution >= 4 is 65.4 Å². The summed E-state index contributed by atoms with van der Waals surface area (Å²) in [6.07, 6.45) is 0. The largest absolute Gasteiger partial charge is 0.452 e. The zero-order valence-corrected chi connectivity index (χ0v) is 24.7. The summed E-state index contributed by atoms with van der Waals surface area (Å²) in [6, 6.07) is 53.3. The van der Waals surface area contributed by atoms with Crippen molar-refractivity contribution in [1.29, 1.82) is 0 Å². The van der Waals surface area contributed by atoms with Crippen LogP contribution in [0.25, 0.3) is 93.8 Å². The first-order chi connectivity index (χ1) is 22.8. The monoisotopic (exact) mass is 587 g/mol. The number of hydrogen-bond acceptors (Lipinski definition) is 3. The second-order valence-corrected chi connectivity index (χ2v) is 11.9. The summed E-state index contributed by atoms with van der Waals surface area (Å²) >= 11 is 0. The Morgan fingerprint density at radius 2 is 1.07 bits per heavy atom. The van der Waals surface area contributed by atoms with Gasteiger partial charge in [0.15, 0.2) is 5.58 Å². The van der Waals surface area contributed by atoms with E-state index in [1.54, 1.807) is 0 Å². The predicted molar refractivity (Wildman–Crippen MR) is 190 cm³/mol. The van der Waals surface area contributed by atoms with E-state index in [0.29, 0.717) is 11.5 Å². The summed E-state index contributed by atoms with van der Waals surface area (Å²) in [4.78, 5) is 10.7. The summed E-state index contributed by atoms with van der Waals surface area (Å²) in [5.41, 5.74) is 8.44. The van der Waals surface area contributed by atoms with Crippen molar-refractivity contribution in [2.75, 3.05) is 0 Å². The molecule has 3 aromatic heterocycles. The molecule has 0 aliphatic carbocycles. The number of benzene rings is 7. The third-order valence-corrected chi connectivity index (χ3v) is 9.15. The van der Waals surface area contributed by atoms with Crippen LogP contribution in [-0.4, -0.2) is 14.5 Å². The highest BCUT2D eigenvalue weighted by atomic mass is 16.3. The molecule has 10 aromatic rings. The van der Waals surface area contributed by atoms with Crippen LogP contribution in [0.15, 0.2) is 156 Å². The molecule has 0 radical (unpaired) electrons. The molecule has 0 saturated heterocycles. The number of rotatable bonds is 3. The highest BCUT2D eigenvalue weighted by Crippen LogP contribution is 2.39. The first kappa shape index (κ1) is 25.1. The van der Waals surface area contributed by atoms with E-state index in [4.69, 9.17) is 14.4 Å². The molecular formula is C42H25N3O. The van der Waals surface area contributed by atoms with Gasteiger partial charge in [-0.2, -0.15) is 0 Å². The van der Waals surface area contributed by atoms with Crippen molar-refractivity contribution < 1.29 is 4.42 Å². The summed E-state index contributed by atoms with van der Waals surface area (Å²) in [7, 11) is 0. The molecule has 4 heteroatoms. The Morgan fingerprint density at radius 3 is 1.87 bits per heavy atom. The lowest BCUT2D eigenvalue weighted by Gasteiger charge is -2.11. The van der Waals surface area contributed by atoms with Crippen LogP contribution in [0.3, 0.4) is 0 Å². The molecule has 10 rings (SSSR count). The minimum Gasteiger partial charge on any atom is -0.452 e. The number of furan rings is 1. The number of para-hydroxylation sites is 1. The predicted octanol–water partition coefficient (Wildman–Crippen LogP) is 11.1. The summed E-state index contributed by atoms with van der Waals surface area (Å²) < 4.78 is 8.87. The fourth-order valence-corrected chi connectivity index (χ4v) is 6.96. The smallest absolute Gasteiger partial charge is 0.236 e. The summed E-state index contributed by atoms with van der Waals surface area (Å²) in [6.45, 7) is 0. The van der Waals surface area contributed by atoms with Gasteiger partial charge in [-0.3, -0.25) is 4.57 Å². The number of nitrogens with zero attached hydrogens (tertiary/aromatic N) is 3. The van der Waals surface area contributed by atoms with Gasteiger partial charge in [-0.1, -0.05) is 115 Å². The molecule has 0 amide bonds. The lowest BCUT2D eigenvalue weighted by Crippen LogP contribution is -2.03. The Hall–Kier alpha value is -6.26. The number of hydrogen-bond donors (Lipinski definition) is 0. The average Bonchev–Trinajstić information content (AvgIpc) is 3.64. The molecule has 214 valence electrons. The molecular weight excluding hydrogens is 562 g/mol. The summed E-state index contributed by atoms with van der Waals surface area (Å²) in [5, 5.41) is 7.98. The molecule has 0 aliphatic heterocycles. The van der Waals surface area contributed by atoms with Gasteiger partial charge in [0.1, 0.15) is 16.8 Å². The van der Waals surface area contributed by atoms with E-state index in [9.17, 15) is 0 Å². The molecule has 46 heavy (non-hydrogen) atoms. The molecule has 0 N–H and O–H groups in total. The minimum atomic E-state index is 0.616. The van der Waals surface area contributed by atoms with Crippen molar-refractivity contribution in [3.05, 3.63) is 152 Å². The molecule has 0 aliphatic rings. The molecule has 0 atom stereocenters. The van der Waals surface area contributed by atoms with Crippen LogP contribution in [0.2, 0.25) is 0 Å². The van der Waals surface area contributed by atoms with Crippen LogP contribution in [0.5, 0.6) is 0 Å². The number of fused-ring (bicyclic) bond motifs is 8. The van der Waals surface area contributed by atoms with Gasteiger partial charge in [0.2, 0.25) is 5.95 Å². The van der Waals surface area contributed by atoms with Crippen molar-refractivity contribution in [3.63, 3.8) is 0 Å². The van der Waals surface area contributed by atoms with E-state index in [0.717, 1.165) is 60.7 Å². The fourth-order valence-electron chi connectivity index (χ4n) is 6.96. The third-order valence-electron chi connectivity index (χ3n) is 9.15. The standard InChI is InChI=1S/C42H25N3O/c1-2-11-26(12-3-1)27-17-10-18-32(21-27)39-41-40(35-23-29-14-5-7-16-31(29)25-38(35)46-41)44-42(43-39)45-36-20-9-8-19-33(36)34-22-28-13-4-6-15-30(28)24-37(34)45/h1-25H. The first-order valence-electron chi connectivity index (χ1n) is 15.5. The highest BCUT2D eigenvalue weighted by Gasteiger charge is 2.22. The zero-order chi connectivity index (χ0) is 30.2. The maximum atomic E-state index is 6.66. The lowest BCUT2D eigenvalue weighted by molar-refractivity contribution is 0.667. The van der Waals surface area contributed by atoms with Crippen LogP contribution in [0.4, 0.5) is 0 Å². The normalized spacial score (nSPS) is 11.9. The summed E-state index contributed by atoms with van der Waals surface area (Å²) in [5.74, 6) is 0.616. The van der Waals surface area contributed by atoms with Gasteiger partial charge >= 0.3 is 0 Å². The minimum absolute atomic E-state index is 0.616. The Labute approximate surface area is 263 Å². The molecule has 7 aromatic carbocycles. The first-order valence-corrected chi connectivity index (χ1v) is 15.5. The molecule has 0 saturated carbocycles. The van der Waals surface area contributed by atoms with Gasteiger partial charge in [-0.15, -0.1) is 0 Å². The van der Waals surface area contributed by atoms with Crippen molar-refractivity contribution in [2.45, 2.75) is 0 Å². The van der Waals surface area contributed by atoms with E-state index in [-0.39, 0.29) is 0 Å². The topological polar surface area (TPSA) is 43.9 Å². The Morgan fingerprint density at radius 1 is 0.435 bits per heavy atom. The number of aromatic nitrogens is 3. The van der Waals surface area contributed by atoms with E-state index in [2.05, 4.69) is 150 Å². The van der Waals surface area contributed by atoms with E-state index in [1.807, 2.05) is 6.07 Å². The molecule has 0 unspecified atom stereocenters. The van der Waals surface area contributed by atoms with Crippen LogP contribution >= 0.6 is 0 Å². The maximum absolute atomic E-state index is 6.66. The quantitative estimate of drug-likeness (QED) is 0.207.